The maximum atomic E-state index is 11.0. The second-order valence-corrected chi connectivity index (χ2v) is 5.17. The highest BCUT2D eigenvalue weighted by Gasteiger charge is 2.19. The van der Waals surface area contributed by atoms with Gasteiger partial charge in [0, 0.05) is 5.92 Å². The number of benzene rings is 2. The molecule has 3 rings (SSSR count). The van der Waals surface area contributed by atoms with Crippen molar-refractivity contribution in [2.75, 3.05) is 0 Å². The van der Waals surface area contributed by atoms with Crippen LogP contribution in [0, 0.1) is 0 Å². The van der Waals surface area contributed by atoms with Gasteiger partial charge in [0.15, 0.2) is 0 Å². The molecule has 0 radical (unpaired) electrons. The zero-order valence-electron chi connectivity index (χ0n) is 12.0. The maximum absolute atomic E-state index is 11.0. The van der Waals surface area contributed by atoms with Gasteiger partial charge in [-0.05, 0) is 11.1 Å². The quantitative estimate of drug-likeness (QED) is 0.751. The molecular weight excluding hydrogens is 276 g/mol. The van der Waals surface area contributed by atoms with Crippen LogP contribution in [0.25, 0.3) is 0 Å². The van der Waals surface area contributed by atoms with E-state index in [1.165, 1.54) is 11.1 Å². The van der Waals surface area contributed by atoms with Crippen molar-refractivity contribution in [2.45, 2.75) is 12.5 Å². The Labute approximate surface area is 128 Å². The Morgan fingerprint density at radius 2 is 1.55 bits per heavy atom. The molecule has 4 nitrogen and oxygen atoms in total. The van der Waals surface area contributed by atoms with Crippen LogP contribution < -0.4 is 4.57 Å². The largest absolute Gasteiger partial charge is 0.509 e. The fourth-order valence-electron chi connectivity index (χ4n) is 2.60. The summed E-state index contributed by atoms with van der Waals surface area (Å²) in [5.41, 5.74) is 2.42. The molecule has 2 aromatic carbocycles. The normalized spacial score (nSPS) is 10.8. The highest BCUT2D eigenvalue weighted by atomic mass is 16.4. The van der Waals surface area contributed by atoms with Crippen LogP contribution in [-0.2, 0) is 6.54 Å². The number of nitrogens with zero attached hydrogens (tertiary/aromatic N) is 2. The van der Waals surface area contributed by atoms with Gasteiger partial charge in [-0.1, -0.05) is 60.7 Å². The van der Waals surface area contributed by atoms with Gasteiger partial charge in [0.1, 0.15) is 18.9 Å². The smallest absolute Gasteiger partial charge is 0.446 e. The molecule has 110 valence electrons. The van der Waals surface area contributed by atoms with Crippen molar-refractivity contribution in [3.8, 4) is 0 Å². The van der Waals surface area contributed by atoms with Crippen molar-refractivity contribution in [1.82, 2.24) is 4.57 Å². The van der Waals surface area contributed by atoms with Crippen molar-refractivity contribution in [3.05, 3.63) is 90.5 Å². The monoisotopic (exact) mass is 293 g/mol. The molecule has 3 aromatic rings. The number of hydrogen-bond donors (Lipinski definition) is 1. The van der Waals surface area contributed by atoms with Gasteiger partial charge in [-0.25, -0.2) is 4.57 Å². The standard InChI is InChI=1S/C18H16N2O2/c21-18(22)20-12-11-19(14-20)13-17(15-7-3-1-4-8-15)16-9-5-2-6-10-16/h1-12,14,17H,13H2/p+1. The van der Waals surface area contributed by atoms with Crippen molar-refractivity contribution < 1.29 is 14.5 Å². The minimum absolute atomic E-state index is 0.178. The predicted molar refractivity (Wildman–Crippen MR) is 82.8 cm³/mol. The van der Waals surface area contributed by atoms with Crippen LogP contribution in [0.2, 0.25) is 0 Å². The highest BCUT2D eigenvalue weighted by molar-refractivity contribution is 5.67. The van der Waals surface area contributed by atoms with E-state index in [0.29, 0.717) is 6.54 Å². The first kappa shape index (κ1) is 14.1. The summed E-state index contributed by atoms with van der Waals surface area (Å²) in [6.07, 6.45) is 3.96. The molecule has 0 amide bonds. The molecule has 0 spiro atoms. The summed E-state index contributed by atoms with van der Waals surface area (Å²) >= 11 is 0. The molecule has 0 unspecified atom stereocenters. The maximum Gasteiger partial charge on any atom is 0.509 e. The molecule has 0 saturated heterocycles. The van der Waals surface area contributed by atoms with Crippen LogP contribution in [0.1, 0.15) is 17.0 Å². The van der Waals surface area contributed by atoms with Crippen molar-refractivity contribution >= 4 is 6.09 Å². The van der Waals surface area contributed by atoms with Gasteiger partial charge in [-0.15, -0.1) is 4.57 Å². The Morgan fingerprint density at radius 3 is 2.00 bits per heavy atom. The number of imidazole rings is 1. The molecular formula is C18H17N2O2+. The second-order valence-electron chi connectivity index (χ2n) is 5.17. The third-order valence-electron chi connectivity index (χ3n) is 3.71. The molecule has 0 aliphatic heterocycles. The van der Waals surface area contributed by atoms with E-state index in [0.717, 1.165) is 4.57 Å². The molecule has 1 heterocycles. The summed E-state index contributed by atoms with van der Waals surface area (Å²) < 4.78 is 3.06. The van der Waals surface area contributed by atoms with Crippen molar-refractivity contribution in [1.29, 1.82) is 0 Å². The summed E-state index contributed by atoms with van der Waals surface area (Å²) in [6, 6.07) is 20.5. The summed E-state index contributed by atoms with van der Waals surface area (Å²) in [4.78, 5) is 11.0. The Bertz CT molecular complexity index is 712. The Balaban J connectivity index is 1.93. The molecule has 0 atom stereocenters. The molecule has 1 N–H and O–H groups in total. The fraction of sp³-hybridized carbons (Fsp3) is 0.111. The lowest BCUT2D eigenvalue weighted by atomic mass is 9.91. The van der Waals surface area contributed by atoms with Crippen LogP contribution >= 0.6 is 0 Å². The van der Waals surface area contributed by atoms with Crippen molar-refractivity contribution in [3.63, 3.8) is 0 Å². The Kier molecular flexibility index (Phi) is 4.01. The third-order valence-corrected chi connectivity index (χ3v) is 3.71. The summed E-state index contributed by atoms with van der Waals surface area (Å²) in [5.74, 6) is 0.178. The lowest BCUT2D eigenvalue weighted by Crippen LogP contribution is -2.35. The van der Waals surface area contributed by atoms with E-state index < -0.39 is 6.09 Å². The zero-order chi connectivity index (χ0) is 15.4. The number of aromatic nitrogens is 2. The highest BCUT2D eigenvalue weighted by Crippen LogP contribution is 2.24. The second kappa shape index (κ2) is 6.26. The van der Waals surface area contributed by atoms with E-state index in [1.807, 2.05) is 41.0 Å². The van der Waals surface area contributed by atoms with Gasteiger partial charge in [0.2, 0.25) is 0 Å². The zero-order valence-corrected chi connectivity index (χ0v) is 12.0. The van der Waals surface area contributed by atoms with E-state index in [4.69, 9.17) is 5.11 Å². The van der Waals surface area contributed by atoms with Gasteiger partial charge in [0.25, 0.3) is 6.33 Å². The molecule has 1 aromatic heterocycles. The average molecular weight is 293 g/mol. The van der Waals surface area contributed by atoms with Crippen LogP contribution in [0.3, 0.4) is 0 Å². The van der Waals surface area contributed by atoms with Crippen LogP contribution in [0.5, 0.6) is 0 Å². The minimum atomic E-state index is -0.977. The first-order chi connectivity index (χ1) is 10.7. The predicted octanol–water partition coefficient (Wildman–Crippen LogP) is 3.13. The first-order valence-electron chi connectivity index (χ1n) is 7.14. The number of hydrogen-bond acceptors (Lipinski definition) is 1. The number of carbonyl (C=O) groups is 1. The van der Waals surface area contributed by atoms with Gasteiger partial charge in [0.05, 0.1) is 0 Å². The van der Waals surface area contributed by atoms with E-state index in [9.17, 15) is 4.79 Å². The Hall–Kier alpha value is -2.88. The molecule has 0 aliphatic carbocycles. The fourth-order valence-corrected chi connectivity index (χ4v) is 2.60. The van der Waals surface area contributed by atoms with Crippen LogP contribution in [0.4, 0.5) is 4.79 Å². The van der Waals surface area contributed by atoms with Gasteiger partial charge in [-0.2, -0.15) is 4.79 Å². The van der Waals surface area contributed by atoms with E-state index in [2.05, 4.69) is 24.3 Å². The van der Waals surface area contributed by atoms with Crippen LogP contribution in [-0.4, -0.2) is 15.8 Å². The average Bonchev–Trinajstić information content (AvgIpc) is 3.03. The molecule has 0 aliphatic rings. The van der Waals surface area contributed by atoms with Crippen molar-refractivity contribution in [2.24, 2.45) is 0 Å². The topological polar surface area (TPSA) is 46.1 Å². The van der Waals surface area contributed by atoms with E-state index >= 15 is 0 Å². The first-order valence-corrected chi connectivity index (χ1v) is 7.14. The van der Waals surface area contributed by atoms with E-state index in [-0.39, 0.29) is 5.92 Å². The van der Waals surface area contributed by atoms with Crippen LogP contribution in [0.15, 0.2) is 79.4 Å². The molecule has 0 saturated carbocycles. The summed E-state index contributed by atoms with van der Waals surface area (Å²) in [7, 11) is 0. The number of rotatable bonds is 4. The minimum Gasteiger partial charge on any atom is -0.446 e. The summed E-state index contributed by atoms with van der Waals surface area (Å²) in [6.45, 7) is 0.689. The van der Waals surface area contributed by atoms with E-state index in [1.54, 1.807) is 18.7 Å². The number of carboxylic acid groups (broad SMARTS) is 1. The lowest BCUT2D eigenvalue weighted by Gasteiger charge is -2.16. The molecule has 22 heavy (non-hydrogen) atoms. The molecule has 4 heteroatoms. The summed E-state index contributed by atoms with van der Waals surface area (Å²) in [5, 5.41) is 9.02. The third kappa shape index (κ3) is 3.06. The molecule has 0 fully saturated rings. The van der Waals surface area contributed by atoms with Gasteiger partial charge in [-0.3, -0.25) is 0 Å². The molecule has 0 bridgehead atoms. The van der Waals surface area contributed by atoms with Gasteiger partial charge >= 0.3 is 6.09 Å². The SMILES string of the molecule is O=C(O)n1cc[n+](CC(c2ccccc2)c2ccccc2)c1. The lowest BCUT2D eigenvalue weighted by molar-refractivity contribution is -0.697. The van der Waals surface area contributed by atoms with Gasteiger partial charge < -0.3 is 5.11 Å². The Morgan fingerprint density at radius 1 is 1.00 bits per heavy atom.